The van der Waals surface area contributed by atoms with Crippen LogP contribution in [0.15, 0.2) is 6.08 Å². The monoisotopic (exact) mass is 323 g/mol. The molecule has 0 saturated carbocycles. The van der Waals surface area contributed by atoms with E-state index >= 15 is 0 Å². The van der Waals surface area contributed by atoms with E-state index in [-0.39, 0.29) is 0 Å². The van der Waals surface area contributed by atoms with Crippen molar-refractivity contribution in [2.24, 2.45) is 0 Å². The largest absolute Gasteiger partial charge is 0.332 e. The third-order valence-corrected chi connectivity index (χ3v) is 2.07. The van der Waals surface area contributed by atoms with Gasteiger partial charge in [-0.1, -0.05) is 11.6 Å². The first-order valence-electron chi connectivity index (χ1n) is 4.22. The molecule has 1 N–H and O–H groups in total. The summed E-state index contributed by atoms with van der Waals surface area (Å²) in [5, 5.41) is 1.56. The Balaban J connectivity index is 3.66. The van der Waals surface area contributed by atoms with E-state index in [0.717, 1.165) is 0 Å². The first-order chi connectivity index (χ1) is 8.68. The SMILES string of the molecule is FC(F)=C(F)c1c(F)c(F)c(NC(=S)Cl)c(F)c1F. The van der Waals surface area contributed by atoms with Gasteiger partial charge in [-0.05, 0) is 12.2 Å². The Kier molecular flexibility index (Phi) is 4.75. The smallest absolute Gasteiger partial charge is 0.306 e. The molecule has 1 aromatic carbocycles. The Morgan fingerprint density at radius 1 is 0.895 bits per heavy atom. The van der Waals surface area contributed by atoms with E-state index in [4.69, 9.17) is 11.6 Å². The molecule has 0 aliphatic heterocycles. The average molecular weight is 324 g/mol. The number of benzene rings is 1. The van der Waals surface area contributed by atoms with Crippen LogP contribution in [0.4, 0.5) is 36.4 Å². The molecule has 0 atom stereocenters. The van der Waals surface area contributed by atoms with Crippen molar-refractivity contribution in [2.45, 2.75) is 0 Å². The van der Waals surface area contributed by atoms with Crippen LogP contribution in [-0.4, -0.2) is 4.45 Å². The zero-order valence-electron chi connectivity index (χ0n) is 8.43. The van der Waals surface area contributed by atoms with Crippen molar-refractivity contribution in [1.82, 2.24) is 0 Å². The molecule has 0 radical (unpaired) electrons. The molecule has 1 rings (SSSR count). The van der Waals surface area contributed by atoms with Crippen LogP contribution in [0.5, 0.6) is 0 Å². The van der Waals surface area contributed by atoms with Gasteiger partial charge in [-0.2, -0.15) is 8.78 Å². The summed E-state index contributed by atoms with van der Waals surface area (Å²) < 4.78 is 88.9. The van der Waals surface area contributed by atoms with E-state index in [1.807, 2.05) is 0 Å². The average Bonchev–Trinajstić information content (AvgIpc) is 2.32. The minimum atomic E-state index is -3.13. The molecule has 0 unspecified atom stereocenters. The van der Waals surface area contributed by atoms with E-state index in [0.29, 0.717) is 0 Å². The fraction of sp³-hybridized carbons (Fsp3) is 0. The molecule has 0 amide bonds. The summed E-state index contributed by atoms with van der Waals surface area (Å²) >= 11 is 9.23. The molecule has 0 spiro atoms. The molecular weight excluding hydrogens is 323 g/mol. The number of hydrogen-bond acceptors (Lipinski definition) is 1. The predicted molar refractivity (Wildman–Crippen MR) is 58.6 cm³/mol. The molecule has 1 aromatic rings. The number of rotatable bonds is 2. The van der Waals surface area contributed by atoms with Crippen LogP contribution in [0.2, 0.25) is 0 Å². The summed E-state index contributed by atoms with van der Waals surface area (Å²) in [5.41, 5.74) is -3.60. The maximum absolute atomic E-state index is 13.3. The highest BCUT2D eigenvalue weighted by molar-refractivity contribution is 7.83. The normalized spacial score (nSPS) is 10.3. The lowest BCUT2D eigenvalue weighted by Gasteiger charge is -2.11. The molecule has 104 valence electrons. The van der Waals surface area contributed by atoms with Gasteiger partial charge in [-0.25, -0.2) is 22.0 Å². The Bertz CT molecular complexity index is 553. The first kappa shape index (κ1) is 15.7. The van der Waals surface area contributed by atoms with Crippen LogP contribution in [0, 0.1) is 23.3 Å². The van der Waals surface area contributed by atoms with Crippen molar-refractivity contribution in [1.29, 1.82) is 0 Å². The minimum absolute atomic E-state index is 0.767. The summed E-state index contributed by atoms with van der Waals surface area (Å²) in [6.07, 6.45) is -3.13. The second-order valence-electron chi connectivity index (χ2n) is 2.98. The van der Waals surface area contributed by atoms with Crippen LogP contribution in [0.1, 0.15) is 5.56 Å². The molecule has 0 aliphatic carbocycles. The summed E-state index contributed by atoms with van der Waals surface area (Å²) in [6, 6.07) is 0. The lowest BCUT2D eigenvalue weighted by atomic mass is 10.1. The van der Waals surface area contributed by atoms with Gasteiger partial charge in [0, 0.05) is 0 Å². The van der Waals surface area contributed by atoms with E-state index in [9.17, 15) is 30.7 Å². The summed E-state index contributed by atoms with van der Waals surface area (Å²) in [6.45, 7) is 0. The lowest BCUT2D eigenvalue weighted by molar-refractivity contribution is 0.402. The van der Waals surface area contributed by atoms with Crippen molar-refractivity contribution in [3.05, 3.63) is 34.9 Å². The molecular formula is C9HClF7NS. The quantitative estimate of drug-likeness (QED) is 0.278. The van der Waals surface area contributed by atoms with Crippen LogP contribution in [0.25, 0.3) is 5.83 Å². The summed E-state index contributed by atoms with van der Waals surface area (Å²) in [4.78, 5) is 0. The summed E-state index contributed by atoms with van der Waals surface area (Å²) in [5.74, 6) is -11.7. The van der Waals surface area contributed by atoms with Crippen molar-refractivity contribution >= 4 is 39.8 Å². The van der Waals surface area contributed by atoms with Crippen molar-refractivity contribution in [2.75, 3.05) is 5.32 Å². The Morgan fingerprint density at radius 2 is 1.32 bits per heavy atom. The van der Waals surface area contributed by atoms with Gasteiger partial charge in [0.05, 0.1) is 5.56 Å². The highest BCUT2D eigenvalue weighted by Crippen LogP contribution is 2.34. The summed E-state index contributed by atoms with van der Waals surface area (Å²) in [7, 11) is 0. The fourth-order valence-electron chi connectivity index (χ4n) is 1.13. The van der Waals surface area contributed by atoms with Gasteiger partial charge in [0.15, 0.2) is 27.7 Å². The maximum atomic E-state index is 13.3. The minimum Gasteiger partial charge on any atom is -0.332 e. The van der Waals surface area contributed by atoms with Crippen LogP contribution in [-0.2, 0) is 0 Å². The highest BCUT2D eigenvalue weighted by Gasteiger charge is 2.30. The van der Waals surface area contributed by atoms with Crippen LogP contribution < -0.4 is 5.32 Å². The Hall–Kier alpha value is -1.35. The zero-order valence-corrected chi connectivity index (χ0v) is 10.0. The van der Waals surface area contributed by atoms with Gasteiger partial charge >= 0.3 is 6.08 Å². The van der Waals surface area contributed by atoms with Crippen molar-refractivity contribution < 1.29 is 30.7 Å². The molecule has 10 heteroatoms. The third-order valence-electron chi connectivity index (χ3n) is 1.87. The molecule has 0 bridgehead atoms. The predicted octanol–water partition coefficient (Wildman–Crippen LogP) is 4.71. The van der Waals surface area contributed by atoms with Crippen molar-refractivity contribution in [3.63, 3.8) is 0 Å². The van der Waals surface area contributed by atoms with E-state index in [1.165, 1.54) is 0 Å². The van der Waals surface area contributed by atoms with E-state index in [1.54, 1.807) is 5.32 Å². The van der Waals surface area contributed by atoms with Gasteiger partial charge in [0.25, 0.3) is 0 Å². The second-order valence-corrected chi connectivity index (χ2v) is 3.99. The van der Waals surface area contributed by atoms with Crippen molar-refractivity contribution in [3.8, 4) is 0 Å². The fourth-order valence-corrected chi connectivity index (χ4v) is 1.32. The Morgan fingerprint density at radius 3 is 1.63 bits per heavy atom. The van der Waals surface area contributed by atoms with E-state index < -0.39 is 50.9 Å². The maximum Gasteiger partial charge on any atom is 0.306 e. The first-order valence-corrected chi connectivity index (χ1v) is 5.00. The number of nitrogens with one attached hydrogen (secondary N) is 1. The lowest BCUT2D eigenvalue weighted by Crippen LogP contribution is -2.11. The Labute approximate surface area is 111 Å². The van der Waals surface area contributed by atoms with Gasteiger partial charge in [-0.15, -0.1) is 0 Å². The third kappa shape index (κ3) is 2.98. The van der Waals surface area contributed by atoms with Gasteiger partial charge in [-0.3, -0.25) is 0 Å². The zero-order chi connectivity index (χ0) is 14.9. The van der Waals surface area contributed by atoms with Gasteiger partial charge < -0.3 is 5.32 Å². The molecule has 19 heavy (non-hydrogen) atoms. The molecule has 0 fully saturated rings. The molecule has 0 saturated heterocycles. The van der Waals surface area contributed by atoms with Crippen LogP contribution in [0.3, 0.4) is 0 Å². The molecule has 0 aromatic heterocycles. The van der Waals surface area contributed by atoms with Crippen LogP contribution >= 0.6 is 23.8 Å². The van der Waals surface area contributed by atoms with Gasteiger partial charge in [0.1, 0.15) is 5.69 Å². The molecule has 1 nitrogen and oxygen atoms in total. The standard InChI is InChI=1S/C9HClF7NS/c10-9(19)18-7-5(14)2(11)1(3(12)6(7)15)4(13)8(16)17/h(H,18,19). The number of anilines is 1. The van der Waals surface area contributed by atoms with Gasteiger partial charge in [0.2, 0.25) is 5.83 Å². The number of halogens is 8. The molecule has 0 heterocycles. The molecule has 0 aliphatic rings. The number of hydrogen-bond donors (Lipinski definition) is 1. The topological polar surface area (TPSA) is 12.0 Å². The second kappa shape index (κ2) is 5.74. The number of thiocarbonyl (C=S) groups is 1. The highest BCUT2D eigenvalue weighted by atomic mass is 35.5. The van der Waals surface area contributed by atoms with E-state index in [2.05, 4.69) is 12.2 Å².